The number of rotatable bonds is 1. The van der Waals surface area contributed by atoms with Gasteiger partial charge >= 0.3 is 19.3 Å². The van der Waals surface area contributed by atoms with Crippen LogP contribution in [0.15, 0.2) is 0 Å². The molecule has 68 valence electrons. The van der Waals surface area contributed by atoms with Crippen molar-refractivity contribution in [2.45, 2.75) is 0 Å². The monoisotopic (exact) mass is 306 g/mol. The molecule has 13 heavy (non-hydrogen) atoms. The van der Waals surface area contributed by atoms with Gasteiger partial charge in [-0.25, -0.2) is 0 Å². The van der Waals surface area contributed by atoms with Crippen molar-refractivity contribution >= 4 is 90.0 Å². The summed E-state index contributed by atoms with van der Waals surface area (Å²) in [6.07, 6.45) is 0. The fraction of sp³-hybridized carbons (Fsp3) is 0. The molecule has 0 aliphatic carbocycles. The number of halogens is 6. The van der Waals surface area contributed by atoms with Crippen molar-refractivity contribution in [1.29, 1.82) is 0 Å². The van der Waals surface area contributed by atoms with E-state index in [-0.39, 0.29) is 15.1 Å². The quantitative estimate of drug-likeness (QED) is 0.409. The predicted octanol–water partition coefficient (Wildman–Crippen LogP) is 4.44. The molecule has 1 rings (SSSR count). The summed E-state index contributed by atoms with van der Waals surface area (Å²) >= 11 is 28.0. The highest BCUT2D eigenvalue weighted by molar-refractivity contribution is 7.03. The Morgan fingerprint density at radius 3 is 1.23 bits per heavy atom. The summed E-state index contributed by atoms with van der Waals surface area (Å²) < 4.78 is 0.629. The molecule has 0 aliphatic rings. The van der Waals surface area contributed by atoms with E-state index in [1.54, 1.807) is 0 Å². The summed E-state index contributed by atoms with van der Waals surface area (Å²) in [6.45, 7) is 0. The zero-order valence-electron chi connectivity index (χ0n) is 5.97. The SMILES string of the molecule is [Cl][Mg][c]1c(Cl)c(Cl)c(Cl)c(Cl)c1Cl. The Kier molecular flexibility index (Phi) is 5.09. The van der Waals surface area contributed by atoms with Gasteiger partial charge in [0.05, 0.1) is 15.1 Å². The average molecular weight is 309 g/mol. The molecule has 0 aromatic heterocycles. The molecule has 0 N–H and O–H groups in total. The molecule has 0 fully saturated rings. The van der Waals surface area contributed by atoms with Crippen LogP contribution in [-0.2, 0) is 0 Å². The van der Waals surface area contributed by atoms with Gasteiger partial charge in [0.2, 0.25) is 0 Å². The largest absolute Gasteiger partial charge is 0.542 e. The standard InChI is InChI=1S/C6Cl5.ClH.Mg/c7-2-1-3(8)5(10)6(11)4(2)9;;/h;1H;/q;;+1/p-1. The zero-order chi connectivity index (χ0) is 10.2. The smallest absolute Gasteiger partial charge is 0.335 e. The van der Waals surface area contributed by atoms with Crippen LogP contribution in [-0.4, -0.2) is 19.3 Å². The Morgan fingerprint density at radius 2 is 0.923 bits per heavy atom. The van der Waals surface area contributed by atoms with Crippen LogP contribution in [0.5, 0.6) is 0 Å². The highest BCUT2D eigenvalue weighted by atomic mass is 35.5. The van der Waals surface area contributed by atoms with E-state index in [1.807, 2.05) is 0 Å². The molecule has 0 saturated carbocycles. The third-order valence-corrected chi connectivity index (χ3v) is 6.01. The highest BCUT2D eigenvalue weighted by Crippen LogP contribution is 2.38. The molecule has 0 aliphatic heterocycles. The lowest BCUT2D eigenvalue weighted by molar-refractivity contribution is 1.75. The Labute approximate surface area is 114 Å². The van der Waals surface area contributed by atoms with Crippen molar-refractivity contribution < 1.29 is 0 Å². The molecule has 0 atom stereocenters. The minimum atomic E-state index is -1.04. The van der Waals surface area contributed by atoms with Gasteiger partial charge in [-0.05, 0) is 0 Å². The van der Waals surface area contributed by atoms with E-state index in [0.717, 1.165) is 0 Å². The predicted molar refractivity (Wildman–Crippen MR) is 62.7 cm³/mol. The van der Waals surface area contributed by atoms with E-state index >= 15 is 0 Å². The van der Waals surface area contributed by atoms with Crippen LogP contribution in [0.3, 0.4) is 0 Å². The van der Waals surface area contributed by atoms with Crippen LogP contribution < -0.4 is 3.69 Å². The summed E-state index contributed by atoms with van der Waals surface area (Å²) in [5.41, 5.74) is 0. The van der Waals surface area contributed by atoms with Crippen LogP contribution in [0.2, 0.25) is 25.1 Å². The van der Waals surface area contributed by atoms with Gasteiger partial charge in [0, 0.05) is 10.0 Å². The molecule has 0 spiro atoms. The van der Waals surface area contributed by atoms with Crippen molar-refractivity contribution in [3.05, 3.63) is 25.1 Å². The van der Waals surface area contributed by atoms with Crippen molar-refractivity contribution in [3.8, 4) is 0 Å². The van der Waals surface area contributed by atoms with Crippen LogP contribution in [0.4, 0.5) is 0 Å². The van der Waals surface area contributed by atoms with Crippen LogP contribution >= 0.6 is 67.1 Å². The van der Waals surface area contributed by atoms with Gasteiger partial charge in [0.25, 0.3) is 0 Å². The minimum absolute atomic E-state index is 0.168. The number of benzene rings is 1. The van der Waals surface area contributed by atoms with E-state index in [9.17, 15) is 0 Å². The third kappa shape index (κ3) is 2.46. The Bertz CT molecular complexity index is 320. The fourth-order valence-corrected chi connectivity index (χ4v) is 4.37. The second-order valence-electron chi connectivity index (χ2n) is 2.18. The van der Waals surface area contributed by atoms with E-state index in [4.69, 9.17) is 67.1 Å². The van der Waals surface area contributed by atoms with Gasteiger partial charge in [-0.1, -0.05) is 58.0 Å². The normalized spacial score (nSPS) is 10.0. The maximum absolute atomic E-state index is 5.87. The van der Waals surface area contributed by atoms with Gasteiger partial charge < -0.3 is 9.07 Å². The molecule has 0 heterocycles. The summed E-state index contributed by atoms with van der Waals surface area (Å²) in [7, 11) is 5.74. The van der Waals surface area contributed by atoms with Gasteiger partial charge in [-0.2, -0.15) is 0 Å². The lowest BCUT2D eigenvalue weighted by atomic mass is 10.3. The highest BCUT2D eigenvalue weighted by Gasteiger charge is 2.18. The molecule has 0 nitrogen and oxygen atoms in total. The molecule has 0 radical (unpaired) electrons. The number of hydrogen-bond donors (Lipinski definition) is 0. The zero-order valence-corrected chi connectivity index (χ0v) is 11.9. The van der Waals surface area contributed by atoms with E-state index in [0.29, 0.717) is 13.7 Å². The van der Waals surface area contributed by atoms with Crippen molar-refractivity contribution in [2.75, 3.05) is 0 Å². The third-order valence-electron chi connectivity index (χ3n) is 1.43. The molecule has 0 amide bonds. The summed E-state index contributed by atoms with van der Waals surface area (Å²) in [6, 6.07) is 0. The first-order valence-corrected chi connectivity index (χ1v) is 7.80. The Balaban J connectivity index is 3.56. The topological polar surface area (TPSA) is 0 Å². The Hall–Kier alpha value is 1.73. The first-order chi connectivity index (χ1) is 6.00. The second-order valence-corrected chi connectivity index (χ2v) is 5.85. The Morgan fingerprint density at radius 1 is 0.615 bits per heavy atom. The molecule has 1 aromatic carbocycles. The van der Waals surface area contributed by atoms with Crippen molar-refractivity contribution in [2.24, 2.45) is 0 Å². The molecular formula is C6Cl6Mg. The van der Waals surface area contributed by atoms with Crippen LogP contribution in [0.1, 0.15) is 0 Å². The fourth-order valence-electron chi connectivity index (χ4n) is 0.768. The van der Waals surface area contributed by atoms with E-state index in [2.05, 4.69) is 0 Å². The molecule has 0 unspecified atom stereocenters. The van der Waals surface area contributed by atoms with Gasteiger partial charge in [-0.15, -0.1) is 3.69 Å². The van der Waals surface area contributed by atoms with Crippen molar-refractivity contribution in [1.82, 2.24) is 0 Å². The number of hydrogen-bond acceptors (Lipinski definition) is 0. The maximum atomic E-state index is 5.87. The molecular weight excluding hydrogens is 309 g/mol. The minimum Gasteiger partial charge on any atom is -0.335 e. The van der Waals surface area contributed by atoms with E-state index in [1.165, 1.54) is 0 Å². The molecule has 0 saturated heterocycles. The van der Waals surface area contributed by atoms with Gasteiger partial charge in [0.15, 0.2) is 0 Å². The summed E-state index contributed by atoms with van der Waals surface area (Å²) in [4.78, 5) is 0. The van der Waals surface area contributed by atoms with Gasteiger partial charge in [-0.3, -0.25) is 0 Å². The van der Waals surface area contributed by atoms with E-state index < -0.39 is 19.3 Å². The summed E-state index contributed by atoms with van der Waals surface area (Å²) in [5.74, 6) is 0. The lowest BCUT2D eigenvalue weighted by Crippen LogP contribution is -2.13. The maximum Gasteiger partial charge on any atom is 0.542 e. The average Bonchev–Trinajstić information content (AvgIpc) is 2.13. The first kappa shape index (κ1) is 12.8. The van der Waals surface area contributed by atoms with Crippen LogP contribution in [0, 0.1) is 0 Å². The van der Waals surface area contributed by atoms with Crippen molar-refractivity contribution in [3.63, 3.8) is 0 Å². The molecule has 7 heteroatoms. The summed E-state index contributed by atoms with van der Waals surface area (Å²) in [5, 5.41) is 1.20. The molecule has 1 aromatic rings. The van der Waals surface area contributed by atoms with Gasteiger partial charge in [0.1, 0.15) is 0 Å². The van der Waals surface area contributed by atoms with Crippen LogP contribution in [0.25, 0.3) is 0 Å². The molecule has 0 bridgehead atoms. The second kappa shape index (κ2) is 5.18. The lowest BCUT2D eigenvalue weighted by Gasteiger charge is -2.10. The first-order valence-electron chi connectivity index (χ1n) is 3.07.